The maximum Gasteiger partial charge on any atom is 0.223 e. The zero-order chi connectivity index (χ0) is 23.3. The Morgan fingerprint density at radius 3 is 2.56 bits per heavy atom. The molecule has 2 aromatic rings. The molecule has 1 amide bonds. The molecular weight excluding hydrogens is 471 g/mol. The van der Waals surface area contributed by atoms with Crippen molar-refractivity contribution in [3.8, 4) is 5.75 Å². The minimum absolute atomic E-state index is 0.0626. The number of carbonyl (C=O) groups excluding carboxylic acids is 1. The first-order valence-corrected chi connectivity index (χ1v) is 12.9. The molecule has 1 heterocycles. The van der Waals surface area contributed by atoms with Crippen molar-refractivity contribution in [1.29, 1.82) is 0 Å². The number of halogens is 2. The molecule has 0 aromatic heterocycles. The standard InChI is InChI=1S/C23H28Cl2N2O4S/c1-16-4-3-5-22(17(16)2)31-13-10-26-23(28)18-8-11-27(12-9-18)32(29,30)15-19-6-7-20(24)14-21(19)25/h3-7,14,18H,8-13,15H2,1-2H3,(H,26,28). The lowest BCUT2D eigenvalue weighted by Crippen LogP contribution is -2.44. The van der Waals surface area contributed by atoms with Crippen LogP contribution in [0.4, 0.5) is 0 Å². The number of nitrogens with one attached hydrogen (secondary N) is 1. The van der Waals surface area contributed by atoms with Crippen LogP contribution < -0.4 is 10.1 Å². The Kier molecular flexibility index (Phi) is 8.44. The number of carbonyl (C=O) groups is 1. The van der Waals surface area contributed by atoms with Gasteiger partial charge in [0.1, 0.15) is 12.4 Å². The molecule has 1 N–H and O–H groups in total. The van der Waals surface area contributed by atoms with Crippen LogP contribution in [0.5, 0.6) is 5.75 Å². The number of rotatable bonds is 8. The third-order valence-electron chi connectivity index (χ3n) is 5.78. The highest BCUT2D eigenvalue weighted by Crippen LogP contribution is 2.26. The number of hydrogen-bond acceptors (Lipinski definition) is 4. The summed E-state index contributed by atoms with van der Waals surface area (Å²) in [5.41, 5.74) is 2.76. The molecule has 0 radical (unpaired) electrons. The van der Waals surface area contributed by atoms with E-state index in [1.165, 1.54) is 10.4 Å². The average Bonchev–Trinajstić information content (AvgIpc) is 2.76. The molecule has 1 fully saturated rings. The summed E-state index contributed by atoms with van der Waals surface area (Å²) in [5, 5.41) is 3.69. The van der Waals surface area contributed by atoms with Crippen molar-refractivity contribution in [2.24, 2.45) is 5.92 Å². The number of benzene rings is 2. The maximum atomic E-state index is 12.8. The smallest absolute Gasteiger partial charge is 0.223 e. The van der Waals surface area contributed by atoms with Crippen LogP contribution in [0.25, 0.3) is 0 Å². The van der Waals surface area contributed by atoms with E-state index in [4.69, 9.17) is 27.9 Å². The van der Waals surface area contributed by atoms with Gasteiger partial charge in [-0.1, -0.05) is 41.4 Å². The number of nitrogens with zero attached hydrogens (tertiary/aromatic N) is 1. The fourth-order valence-electron chi connectivity index (χ4n) is 3.68. The fourth-order valence-corrected chi connectivity index (χ4v) is 5.83. The number of piperidine rings is 1. The summed E-state index contributed by atoms with van der Waals surface area (Å²) < 4.78 is 32.8. The number of hydrogen-bond donors (Lipinski definition) is 1. The highest BCUT2D eigenvalue weighted by Gasteiger charge is 2.31. The van der Waals surface area contributed by atoms with E-state index >= 15 is 0 Å². The minimum atomic E-state index is -3.53. The van der Waals surface area contributed by atoms with Crippen molar-refractivity contribution in [2.45, 2.75) is 32.4 Å². The van der Waals surface area contributed by atoms with E-state index in [-0.39, 0.29) is 17.6 Å². The summed E-state index contributed by atoms with van der Waals surface area (Å²) in [6, 6.07) is 10.7. The largest absolute Gasteiger partial charge is 0.491 e. The van der Waals surface area contributed by atoms with Crippen molar-refractivity contribution in [2.75, 3.05) is 26.2 Å². The average molecular weight is 499 g/mol. The summed E-state index contributed by atoms with van der Waals surface area (Å²) in [6.45, 7) is 5.44. The van der Waals surface area contributed by atoms with Gasteiger partial charge in [-0.15, -0.1) is 0 Å². The maximum absolute atomic E-state index is 12.8. The van der Waals surface area contributed by atoms with E-state index in [1.807, 2.05) is 32.0 Å². The molecule has 0 bridgehead atoms. The Labute approximate surface area is 199 Å². The lowest BCUT2D eigenvalue weighted by Gasteiger charge is -2.30. The highest BCUT2D eigenvalue weighted by molar-refractivity contribution is 7.88. The summed E-state index contributed by atoms with van der Waals surface area (Å²) in [7, 11) is -3.53. The van der Waals surface area contributed by atoms with Gasteiger partial charge in [-0.3, -0.25) is 4.79 Å². The summed E-state index contributed by atoms with van der Waals surface area (Å²) in [5.74, 6) is 0.363. The Balaban J connectivity index is 1.44. The van der Waals surface area contributed by atoms with Crippen LogP contribution in [-0.2, 0) is 20.6 Å². The first kappa shape index (κ1) is 24.8. The predicted octanol–water partition coefficient (Wildman–Crippen LogP) is 4.35. The quantitative estimate of drug-likeness (QED) is 0.549. The lowest BCUT2D eigenvalue weighted by molar-refractivity contribution is -0.126. The van der Waals surface area contributed by atoms with Crippen LogP contribution in [0.2, 0.25) is 10.0 Å². The van der Waals surface area contributed by atoms with Crippen molar-refractivity contribution in [1.82, 2.24) is 9.62 Å². The Bertz CT molecular complexity index is 1070. The topological polar surface area (TPSA) is 75.7 Å². The number of sulfonamides is 1. The Morgan fingerprint density at radius 2 is 1.88 bits per heavy atom. The molecule has 3 rings (SSSR count). The fraction of sp³-hybridized carbons (Fsp3) is 0.435. The molecule has 0 saturated carbocycles. The van der Waals surface area contributed by atoms with E-state index in [9.17, 15) is 13.2 Å². The third kappa shape index (κ3) is 6.38. The molecule has 0 aliphatic carbocycles. The van der Waals surface area contributed by atoms with Crippen LogP contribution in [-0.4, -0.2) is 44.9 Å². The zero-order valence-electron chi connectivity index (χ0n) is 18.2. The molecule has 6 nitrogen and oxygen atoms in total. The van der Waals surface area contributed by atoms with Crippen LogP contribution in [0.3, 0.4) is 0 Å². The van der Waals surface area contributed by atoms with Gasteiger partial charge in [-0.2, -0.15) is 0 Å². The van der Waals surface area contributed by atoms with Gasteiger partial charge in [0, 0.05) is 29.1 Å². The lowest BCUT2D eigenvalue weighted by atomic mass is 9.97. The molecule has 0 unspecified atom stereocenters. The van der Waals surface area contributed by atoms with E-state index in [1.54, 1.807) is 12.1 Å². The number of aryl methyl sites for hydroxylation is 1. The van der Waals surface area contributed by atoms with Crippen molar-refractivity contribution in [3.63, 3.8) is 0 Å². The van der Waals surface area contributed by atoms with E-state index < -0.39 is 10.0 Å². The SMILES string of the molecule is Cc1cccc(OCCNC(=O)C2CCN(S(=O)(=O)Cc3ccc(Cl)cc3Cl)CC2)c1C. The van der Waals surface area contributed by atoms with E-state index in [2.05, 4.69) is 5.32 Å². The highest BCUT2D eigenvalue weighted by atomic mass is 35.5. The van der Waals surface area contributed by atoms with Gasteiger partial charge in [0.15, 0.2) is 0 Å². The molecule has 0 spiro atoms. The first-order chi connectivity index (χ1) is 15.2. The molecule has 1 saturated heterocycles. The summed E-state index contributed by atoms with van der Waals surface area (Å²) in [6.07, 6.45) is 0.967. The molecule has 1 aliphatic rings. The molecule has 2 aromatic carbocycles. The van der Waals surface area contributed by atoms with Gasteiger partial charge in [-0.25, -0.2) is 12.7 Å². The third-order valence-corrected chi connectivity index (χ3v) is 8.20. The molecule has 174 valence electrons. The minimum Gasteiger partial charge on any atom is -0.491 e. The molecular formula is C23H28Cl2N2O4S. The van der Waals surface area contributed by atoms with Crippen molar-refractivity contribution in [3.05, 3.63) is 63.1 Å². The van der Waals surface area contributed by atoms with Gasteiger partial charge in [0.2, 0.25) is 15.9 Å². The molecule has 1 aliphatic heterocycles. The normalized spacial score (nSPS) is 15.5. The van der Waals surface area contributed by atoms with Crippen molar-refractivity contribution >= 4 is 39.1 Å². The van der Waals surface area contributed by atoms with Gasteiger partial charge < -0.3 is 10.1 Å². The van der Waals surface area contributed by atoms with E-state index in [0.717, 1.165) is 16.9 Å². The second-order valence-corrected chi connectivity index (χ2v) is 10.8. The van der Waals surface area contributed by atoms with Crippen molar-refractivity contribution < 1.29 is 17.9 Å². The van der Waals surface area contributed by atoms with Crippen LogP contribution in [0, 0.1) is 19.8 Å². The second kappa shape index (κ2) is 10.9. The first-order valence-electron chi connectivity index (χ1n) is 10.6. The molecule has 9 heteroatoms. The Morgan fingerprint density at radius 1 is 1.16 bits per heavy atom. The molecule has 32 heavy (non-hydrogen) atoms. The second-order valence-electron chi connectivity index (χ2n) is 8.00. The predicted molar refractivity (Wildman–Crippen MR) is 128 cm³/mol. The van der Waals surface area contributed by atoms with E-state index in [0.29, 0.717) is 54.7 Å². The van der Waals surface area contributed by atoms with Crippen LogP contribution >= 0.6 is 23.2 Å². The van der Waals surface area contributed by atoms with Gasteiger partial charge >= 0.3 is 0 Å². The zero-order valence-corrected chi connectivity index (χ0v) is 20.6. The molecule has 0 atom stereocenters. The summed E-state index contributed by atoms with van der Waals surface area (Å²) in [4.78, 5) is 12.5. The van der Waals surface area contributed by atoms with Crippen LogP contribution in [0.15, 0.2) is 36.4 Å². The number of amides is 1. The number of ether oxygens (including phenoxy) is 1. The van der Waals surface area contributed by atoms with Gasteiger partial charge in [-0.05, 0) is 61.6 Å². The Hall–Kier alpha value is -1.80. The van der Waals surface area contributed by atoms with Gasteiger partial charge in [0.05, 0.1) is 12.3 Å². The monoisotopic (exact) mass is 498 g/mol. The summed E-state index contributed by atoms with van der Waals surface area (Å²) >= 11 is 12.0. The van der Waals surface area contributed by atoms with Crippen LogP contribution in [0.1, 0.15) is 29.5 Å². The van der Waals surface area contributed by atoms with Gasteiger partial charge in [0.25, 0.3) is 0 Å².